The van der Waals surface area contributed by atoms with E-state index in [2.05, 4.69) is 35.7 Å². The van der Waals surface area contributed by atoms with Crippen molar-refractivity contribution in [3.8, 4) is 11.3 Å². The number of rotatable bonds is 0. The maximum Gasteiger partial charge on any atom is 0.137 e. The summed E-state index contributed by atoms with van der Waals surface area (Å²) in [5, 5.41) is 0.796. The normalized spacial score (nSPS) is 12.8. The van der Waals surface area contributed by atoms with Gasteiger partial charge in [-0.2, -0.15) is 0 Å². The Bertz CT molecular complexity index is 787. The lowest BCUT2D eigenvalue weighted by Crippen LogP contribution is -1.92. The first-order valence-corrected chi connectivity index (χ1v) is 6.36. The molecule has 0 bridgehead atoms. The molecular formula is C15H11ClN2. The SMILES string of the molecule is Cc1ccc2nc3c(n2c1)Cc1cc(Cl)ccc1-3. The summed E-state index contributed by atoms with van der Waals surface area (Å²) < 4.78 is 2.19. The van der Waals surface area contributed by atoms with E-state index in [1.165, 1.54) is 22.4 Å². The van der Waals surface area contributed by atoms with Crippen LogP contribution in [0.15, 0.2) is 36.5 Å². The molecule has 18 heavy (non-hydrogen) atoms. The van der Waals surface area contributed by atoms with E-state index < -0.39 is 0 Å². The van der Waals surface area contributed by atoms with Crippen molar-refractivity contribution >= 4 is 17.2 Å². The van der Waals surface area contributed by atoms with E-state index in [0.717, 1.165) is 22.8 Å². The summed E-state index contributed by atoms with van der Waals surface area (Å²) in [6.07, 6.45) is 3.06. The number of hydrogen-bond donors (Lipinski definition) is 0. The van der Waals surface area contributed by atoms with Crippen molar-refractivity contribution in [2.45, 2.75) is 13.3 Å². The lowest BCUT2D eigenvalue weighted by Gasteiger charge is -2.01. The van der Waals surface area contributed by atoms with Crippen LogP contribution in [-0.2, 0) is 6.42 Å². The molecule has 0 aliphatic heterocycles. The summed E-state index contributed by atoms with van der Waals surface area (Å²) in [4.78, 5) is 4.73. The molecule has 1 aliphatic carbocycles. The molecular weight excluding hydrogens is 244 g/mol. The molecule has 2 aromatic heterocycles. The number of imidazole rings is 1. The summed E-state index contributed by atoms with van der Waals surface area (Å²) in [6, 6.07) is 10.2. The molecule has 0 N–H and O–H groups in total. The van der Waals surface area contributed by atoms with E-state index in [-0.39, 0.29) is 0 Å². The highest BCUT2D eigenvalue weighted by molar-refractivity contribution is 6.30. The molecule has 4 rings (SSSR count). The lowest BCUT2D eigenvalue weighted by atomic mass is 10.1. The number of fused-ring (bicyclic) bond motifs is 5. The quantitative estimate of drug-likeness (QED) is 0.466. The standard InChI is InChI=1S/C15H11ClN2/c1-9-2-5-14-17-15-12-4-3-11(16)6-10(12)7-13(15)18(14)8-9/h2-6,8H,7H2,1H3. The van der Waals surface area contributed by atoms with Gasteiger partial charge >= 0.3 is 0 Å². The second-order valence-electron chi connectivity index (χ2n) is 4.82. The Kier molecular flexibility index (Phi) is 1.90. The van der Waals surface area contributed by atoms with Gasteiger partial charge in [-0.15, -0.1) is 0 Å². The van der Waals surface area contributed by atoms with Crippen molar-refractivity contribution in [1.82, 2.24) is 9.38 Å². The van der Waals surface area contributed by atoms with E-state index in [0.29, 0.717) is 0 Å². The van der Waals surface area contributed by atoms with Crippen LogP contribution in [-0.4, -0.2) is 9.38 Å². The predicted octanol–water partition coefficient (Wildman–Crippen LogP) is 3.87. The van der Waals surface area contributed by atoms with Crippen LogP contribution in [0.5, 0.6) is 0 Å². The van der Waals surface area contributed by atoms with E-state index >= 15 is 0 Å². The molecule has 0 saturated heterocycles. The maximum absolute atomic E-state index is 6.05. The molecule has 0 saturated carbocycles. The van der Waals surface area contributed by atoms with Gasteiger partial charge in [-0.3, -0.25) is 0 Å². The van der Waals surface area contributed by atoms with Crippen LogP contribution in [0.4, 0.5) is 0 Å². The molecule has 88 valence electrons. The first kappa shape index (κ1) is 10.2. The van der Waals surface area contributed by atoms with Crippen LogP contribution in [0.2, 0.25) is 5.02 Å². The highest BCUT2D eigenvalue weighted by Gasteiger charge is 2.23. The van der Waals surface area contributed by atoms with Gasteiger partial charge in [0.05, 0.1) is 11.4 Å². The Balaban J connectivity index is 2.04. The third-order valence-electron chi connectivity index (χ3n) is 3.55. The van der Waals surface area contributed by atoms with Gasteiger partial charge in [0.2, 0.25) is 0 Å². The molecule has 3 aromatic rings. The zero-order valence-electron chi connectivity index (χ0n) is 9.94. The van der Waals surface area contributed by atoms with Crippen LogP contribution < -0.4 is 0 Å². The minimum absolute atomic E-state index is 0.796. The first-order chi connectivity index (χ1) is 8.72. The van der Waals surface area contributed by atoms with Crippen LogP contribution >= 0.6 is 11.6 Å². The van der Waals surface area contributed by atoms with Gasteiger partial charge in [-0.05, 0) is 36.2 Å². The summed E-state index contributed by atoms with van der Waals surface area (Å²) in [5.41, 5.74) is 7.13. The molecule has 1 aliphatic rings. The minimum Gasteiger partial charge on any atom is -0.303 e. The summed E-state index contributed by atoms with van der Waals surface area (Å²) in [6.45, 7) is 2.10. The van der Waals surface area contributed by atoms with E-state index in [4.69, 9.17) is 16.6 Å². The van der Waals surface area contributed by atoms with Gasteiger partial charge in [-0.25, -0.2) is 4.98 Å². The third kappa shape index (κ3) is 1.27. The third-order valence-corrected chi connectivity index (χ3v) is 3.78. The van der Waals surface area contributed by atoms with Crippen LogP contribution in [0.25, 0.3) is 16.9 Å². The molecule has 2 nitrogen and oxygen atoms in total. The number of nitrogens with zero attached hydrogens (tertiary/aromatic N) is 2. The Morgan fingerprint density at radius 3 is 3.00 bits per heavy atom. The summed E-state index contributed by atoms with van der Waals surface area (Å²) in [7, 11) is 0. The van der Waals surface area contributed by atoms with Gasteiger partial charge < -0.3 is 4.40 Å². The van der Waals surface area contributed by atoms with Crippen molar-refractivity contribution in [3.63, 3.8) is 0 Å². The molecule has 0 atom stereocenters. The summed E-state index contributed by atoms with van der Waals surface area (Å²) in [5.74, 6) is 0. The average Bonchev–Trinajstić information content (AvgIpc) is 2.84. The highest BCUT2D eigenvalue weighted by Crippen LogP contribution is 2.37. The van der Waals surface area contributed by atoms with E-state index in [9.17, 15) is 0 Å². The zero-order chi connectivity index (χ0) is 12.3. The molecule has 2 heterocycles. The number of aryl methyl sites for hydroxylation is 1. The van der Waals surface area contributed by atoms with Gasteiger partial charge in [0.1, 0.15) is 5.65 Å². The zero-order valence-corrected chi connectivity index (χ0v) is 10.7. The van der Waals surface area contributed by atoms with Crippen molar-refractivity contribution < 1.29 is 0 Å². The fourth-order valence-electron chi connectivity index (χ4n) is 2.70. The monoisotopic (exact) mass is 254 g/mol. The number of pyridine rings is 1. The number of hydrogen-bond acceptors (Lipinski definition) is 1. The van der Waals surface area contributed by atoms with E-state index in [1.54, 1.807) is 0 Å². The molecule has 0 unspecified atom stereocenters. The molecule has 3 heteroatoms. The smallest absolute Gasteiger partial charge is 0.137 e. The number of halogens is 1. The van der Waals surface area contributed by atoms with Gasteiger partial charge in [-0.1, -0.05) is 23.7 Å². The second-order valence-corrected chi connectivity index (χ2v) is 5.26. The van der Waals surface area contributed by atoms with Crippen molar-refractivity contribution in [3.05, 3.63) is 58.4 Å². The van der Waals surface area contributed by atoms with Crippen molar-refractivity contribution in [2.24, 2.45) is 0 Å². The topological polar surface area (TPSA) is 17.3 Å². The maximum atomic E-state index is 6.05. The number of aromatic nitrogens is 2. The number of benzene rings is 1. The van der Waals surface area contributed by atoms with Crippen LogP contribution in [0, 0.1) is 6.92 Å². The Hall–Kier alpha value is -1.80. The van der Waals surface area contributed by atoms with Gasteiger partial charge in [0.15, 0.2) is 0 Å². The van der Waals surface area contributed by atoms with Crippen LogP contribution in [0.3, 0.4) is 0 Å². The molecule has 0 fully saturated rings. The molecule has 0 spiro atoms. The fraction of sp³-hybridized carbons (Fsp3) is 0.133. The van der Waals surface area contributed by atoms with Crippen molar-refractivity contribution in [1.29, 1.82) is 0 Å². The minimum atomic E-state index is 0.796. The fourth-order valence-corrected chi connectivity index (χ4v) is 2.90. The van der Waals surface area contributed by atoms with Crippen molar-refractivity contribution in [2.75, 3.05) is 0 Å². The summed E-state index contributed by atoms with van der Waals surface area (Å²) >= 11 is 6.05. The molecule has 0 radical (unpaired) electrons. The second kappa shape index (κ2) is 3.36. The lowest BCUT2D eigenvalue weighted by molar-refractivity contribution is 1.04. The Morgan fingerprint density at radius 2 is 2.11 bits per heavy atom. The highest BCUT2D eigenvalue weighted by atomic mass is 35.5. The molecule has 1 aromatic carbocycles. The predicted molar refractivity (Wildman–Crippen MR) is 73.2 cm³/mol. The first-order valence-electron chi connectivity index (χ1n) is 5.99. The Morgan fingerprint density at radius 1 is 1.22 bits per heavy atom. The van der Waals surface area contributed by atoms with E-state index in [1.807, 2.05) is 12.1 Å². The van der Waals surface area contributed by atoms with Gasteiger partial charge in [0, 0.05) is 23.2 Å². The average molecular weight is 255 g/mol. The molecule has 0 amide bonds. The largest absolute Gasteiger partial charge is 0.303 e. The Labute approximate surface area is 110 Å². The van der Waals surface area contributed by atoms with Crippen LogP contribution in [0.1, 0.15) is 16.8 Å². The van der Waals surface area contributed by atoms with Gasteiger partial charge in [0.25, 0.3) is 0 Å².